The van der Waals surface area contributed by atoms with Crippen molar-refractivity contribution in [1.29, 1.82) is 0 Å². The average molecular weight is 616 g/mol. The number of carbonyl (C=O) groups is 2. The lowest BCUT2D eigenvalue weighted by Gasteiger charge is -2.66. The van der Waals surface area contributed by atoms with Crippen molar-refractivity contribution in [3.63, 3.8) is 0 Å². The van der Waals surface area contributed by atoms with E-state index in [9.17, 15) is 19.5 Å². The lowest BCUT2D eigenvalue weighted by atomic mass is 9.41. The molecule has 0 saturated heterocycles. The molecule has 9 nitrogen and oxygen atoms in total. The smallest absolute Gasteiger partial charge is 0.345 e. The molecule has 0 spiro atoms. The predicted octanol–water partition coefficient (Wildman–Crippen LogP) is 6.06. The fourth-order valence-electron chi connectivity index (χ4n) is 8.58. The number of rotatable bonds is 5. The van der Waals surface area contributed by atoms with Gasteiger partial charge in [-0.2, -0.15) is 0 Å². The number of aromatic nitrogens is 1. The van der Waals surface area contributed by atoms with Crippen molar-refractivity contribution in [2.45, 2.75) is 78.6 Å². The Morgan fingerprint density at radius 3 is 2.53 bits per heavy atom. The number of hydrogen-bond acceptors (Lipinski definition) is 9. The molecule has 9 heteroatoms. The number of pyridine rings is 1. The molecule has 0 bridgehead atoms. The second kappa shape index (κ2) is 11.1. The number of aliphatic hydroxyl groups is 1. The van der Waals surface area contributed by atoms with E-state index in [0.717, 1.165) is 18.4 Å². The van der Waals surface area contributed by atoms with Gasteiger partial charge in [0.25, 0.3) is 0 Å². The van der Waals surface area contributed by atoms with Gasteiger partial charge in [-0.05, 0) is 74.6 Å². The number of nitrogens with zero attached hydrogens (tertiary/aromatic N) is 1. The first-order valence-electron chi connectivity index (χ1n) is 15.6. The first kappa shape index (κ1) is 31.0. The third-order valence-electron chi connectivity index (χ3n) is 11.2. The summed E-state index contributed by atoms with van der Waals surface area (Å²) in [6, 6.07) is 12.3. The third-order valence-corrected chi connectivity index (χ3v) is 11.2. The minimum Gasteiger partial charge on any atom is -0.482 e. The Labute approximate surface area is 262 Å². The van der Waals surface area contributed by atoms with Gasteiger partial charge in [-0.25, -0.2) is 9.59 Å². The highest BCUT2D eigenvalue weighted by atomic mass is 16.6. The normalized spacial score (nSPS) is 33.5. The number of ether oxygens (including phenoxy) is 3. The molecule has 2 aliphatic carbocycles. The van der Waals surface area contributed by atoms with Gasteiger partial charge in [-0.1, -0.05) is 38.5 Å². The van der Waals surface area contributed by atoms with Crippen LogP contribution in [0.1, 0.15) is 81.5 Å². The second-order valence-corrected chi connectivity index (χ2v) is 13.9. The van der Waals surface area contributed by atoms with E-state index in [-0.39, 0.29) is 41.5 Å². The first-order chi connectivity index (χ1) is 21.3. The zero-order chi connectivity index (χ0) is 32.3. The van der Waals surface area contributed by atoms with Gasteiger partial charge in [0.05, 0.1) is 18.3 Å². The summed E-state index contributed by atoms with van der Waals surface area (Å²) < 4.78 is 24.5. The lowest BCUT2D eigenvalue weighted by Crippen LogP contribution is -2.70. The van der Waals surface area contributed by atoms with Crippen LogP contribution in [0, 0.1) is 35.5 Å². The molecule has 3 unspecified atom stereocenters. The summed E-state index contributed by atoms with van der Waals surface area (Å²) >= 11 is 0. The summed E-state index contributed by atoms with van der Waals surface area (Å²) in [6.07, 6.45) is 3.12. The van der Waals surface area contributed by atoms with E-state index in [1.807, 2.05) is 26.0 Å². The van der Waals surface area contributed by atoms with Crippen LogP contribution >= 0.6 is 0 Å². The van der Waals surface area contributed by atoms with Crippen molar-refractivity contribution in [3.8, 4) is 17.1 Å². The van der Waals surface area contributed by atoms with Crippen LogP contribution in [0.2, 0.25) is 0 Å². The Morgan fingerprint density at radius 2 is 1.87 bits per heavy atom. The predicted molar refractivity (Wildman–Crippen MR) is 165 cm³/mol. The van der Waals surface area contributed by atoms with Gasteiger partial charge in [0.1, 0.15) is 28.8 Å². The van der Waals surface area contributed by atoms with E-state index >= 15 is 0 Å². The monoisotopic (exact) mass is 615 g/mol. The van der Waals surface area contributed by atoms with Gasteiger partial charge >= 0.3 is 17.6 Å². The highest BCUT2D eigenvalue weighted by Gasteiger charge is 2.70. The van der Waals surface area contributed by atoms with Crippen LogP contribution in [0.3, 0.4) is 0 Å². The molecule has 2 saturated carbocycles. The molecule has 3 aliphatic rings. The Balaban J connectivity index is 1.49. The molecule has 2 aromatic heterocycles. The van der Waals surface area contributed by atoms with Crippen LogP contribution in [-0.4, -0.2) is 40.3 Å². The number of benzene rings is 1. The van der Waals surface area contributed by atoms with E-state index in [0.29, 0.717) is 17.5 Å². The molecule has 6 rings (SSSR count). The van der Waals surface area contributed by atoms with Crippen LogP contribution in [0.15, 0.2) is 64.1 Å². The number of fused-ring (bicyclic) bond motifs is 4. The van der Waals surface area contributed by atoms with Crippen LogP contribution in [0.25, 0.3) is 11.3 Å². The average Bonchev–Trinajstić information content (AvgIpc) is 2.99. The quantitative estimate of drug-likeness (QED) is 0.341. The molecule has 1 aromatic carbocycles. The van der Waals surface area contributed by atoms with E-state index in [1.165, 1.54) is 6.92 Å². The Morgan fingerprint density at radius 1 is 1.13 bits per heavy atom. The summed E-state index contributed by atoms with van der Waals surface area (Å²) in [5, 5.41) is 12.2. The molecular weight excluding hydrogens is 574 g/mol. The largest absolute Gasteiger partial charge is 0.482 e. The fourth-order valence-corrected chi connectivity index (χ4v) is 8.58. The molecule has 3 aromatic rings. The van der Waals surface area contributed by atoms with Gasteiger partial charge < -0.3 is 23.7 Å². The number of esters is 2. The summed E-state index contributed by atoms with van der Waals surface area (Å²) in [4.78, 5) is 43.4. The maximum Gasteiger partial charge on any atom is 0.345 e. The first-order valence-corrected chi connectivity index (χ1v) is 15.6. The van der Waals surface area contributed by atoms with Gasteiger partial charge in [0.2, 0.25) is 0 Å². The van der Waals surface area contributed by atoms with Crippen LogP contribution in [0.5, 0.6) is 5.75 Å². The zero-order valence-corrected chi connectivity index (χ0v) is 26.7. The molecule has 3 heterocycles. The summed E-state index contributed by atoms with van der Waals surface area (Å²) in [5.74, 6) is -1.03. The van der Waals surface area contributed by atoms with Crippen LogP contribution in [-0.2, 0) is 14.3 Å². The standard InChI is InChI=1S/C36H41NO8/c1-20-9-11-23(12-10-20)32(40)44-28-17-27-34(4,14-13-21(2)35(27,5)19-42-22(3)38)31-30(39)29-26(45-36(28,31)6)16-25(43-33(29)41)24-8-7-15-37-18-24/h7-12,15-16,18,21,27-28,30-31,39H,13-14,17,19H2,1-6H3/t21-,27?,28-,30?,31?,34-,35-,36+/m0/s1. The summed E-state index contributed by atoms with van der Waals surface area (Å²) in [7, 11) is 0. The van der Waals surface area contributed by atoms with Crippen LogP contribution < -0.4 is 10.4 Å². The molecule has 45 heavy (non-hydrogen) atoms. The third kappa shape index (κ3) is 5.05. The minimum absolute atomic E-state index is 0.0518. The SMILES string of the molecule is CC(=O)OC[C@]1(C)C2C[C@H](OC(=O)c3ccc(C)cc3)[C@@]3(C)Oc4cc(-c5cccnc5)oc(=O)c4C(O)C3[C@@]2(C)CC[C@@H]1C. The van der Waals surface area contributed by atoms with Crippen molar-refractivity contribution in [1.82, 2.24) is 4.98 Å². The van der Waals surface area contributed by atoms with Crippen molar-refractivity contribution < 1.29 is 33.3 Å². The van der Waals surface area contributed by atoms with E-state index < -0.39 is 46.2 Å². The molecule has 0 radical (unpaired) electrons. The summed E-state index contributed by atoms with van der Waals surface area (Å²) in [6.45, 7) is 11.8. The topological polar surface area (TPSA) is 125 Å². The Hall–Kier alpha value is -3.98. The van der Waals surface area contributed by atoms with E-state index in [4.69, 9.17) is 18.6 Å². The molecule has 2 fully saturated rings. The highest BCUT2D eigenvalue weighted by molar-refractivity contribution is 5.89. The van der Waals surface area contributed by atoms with Gasteiger partial charge in [0.15, 0.2) is 0 Å². The highest BCUT2D eigenvalue weighted by Crippen LogP contribution is 2.68. The van der Waals surface area contributed by atoms with Gasteiger partial charge in [-0.15, -0.1) is 0 Å². The van der Waals surface area contributed by atoms with Crippen molar-refractivity contribution in [2.75, 3.05) is 6.61 Å². The zero-order valence-electron chi connectivity index (χ0n) is 26.7. The van der Waals surface area contributed by atoms with E-state index in [2.05, 4.69) is 25.8 Å². The fraction of sp³-hybridized carbons (Fsp3) is 0.500. The number of carbonyl (C=O) groups excluding carboxylic acids is 2. The molecule has 8 atom stereocenters. The maximum atomic E-state index is 13.7. The number of aliphatic hydroxyl groups excluding tert-OH is 1. The Kier molecular flexibility index (Phi) is 7.67. The van der Waals surface area contributed by atoms with Gasteiger partial charge in [0, 0.05) is 42.3 Å². The minimum atomic E-state index is -1.27. The molecule has 1 N–H and O–H groups in total. The van der Waals surface area contributed by atoms with E-state index in [1.54, 1.807) is 42.7 Å². The molecular formula is C36H41NO8. The number of aryl methyl sites for hydroxylation is 1. The van der Waals surface area contributed by atoms with Crippen molar-refractivity contribution in [2.24, 2.45) is 28.6 Å². The lowest BCUT2D eigenvalue weighted by molar-refractivity contribution is -0.257. The van der Waals surface area contributed by atoms with Crippen molar-refractivity contribution in [3.05, 3.63) is 82.0 Å². The maximum absolute atomic E-state index is 13.7. The molecule has 238 valence electrons. The molecule has 0 amide bonds. The second-order valence-electron chi connectivity index (χ2n) is 13.9. The molecule has 1 aliphatic heterocycles. The van der Waals surface area contributed by atoms with Crippen LogP contribution in [0.4, 0.5) is 0 Å². The van der Waals surface area contributed by atoms with Crippen molar-refractivity contribution >= 4 is 11.9 Å². The van der Waals surface area contributed by atoms with Gasteiger partial charge in [-0.3, -0.25) is 9.78 Å². The summed E-state index contributed by atoms with van der Waals surface area (Å²) in [5.41, 5.74) is -0.905. The number of hydrogen-bond donors (Lipinski definition) is 1. The Bertz CT molecular complexity index is 1670.